The molecular formula is C12H25B2NO. The lowest BCUT2D eigenvalue weighted by Crippen LogP contribution is -2.41. The summed E-state index contributed by atoms with van der Waals surface area (Å²) in [7, 11) is 4.65. The Hall–Kier alpha value is 0.0499. The van der Waals surface area contributed by atoms with E-state index in [1.807, 2.05) is 0 Å². The molecule has 0 amide bonds. The van der Waals surface area contributed by atoms with Gasteiger partial charge in [0.15, 0.2) is 0 Å². The van der Waals surface area contributed by atoms with Crippen molar-refractivity contribution in [1.82, 2.24) is 5.32 Å². The quantitative estimate of drug-likeness (QED) is 0.550. The van der Waals surface area contributed by atoms with Gasteiger partial charge in [0.2, 0.25) is 0 Å². The second-order valence-corrected chi connectivity index (χ2v) is 6.08. The summed E-state index contributed by atoms with van der Waals surface area (Å²) in [5.41, 5.74) is 0.277. The molecule has 0 aromatic carbocycles. The second-order valence-electron chi connectivity index (χ2n) is 6.08. The summed E-state index contributed by atoms with van der Waals surface area (Å²) >= 11 is 0. The minimum absolute atomic E-state index is 0.277. The van der Waals surface area contributed by atoms with Gasteiger partial charge in [-0.3, -0.25) is 0 Å². The second kappa shape index (κ2) is 5.14. The molecule has 2 nitrogen and oxygen atoms in total. The molecule has 0 aromatic rings. The molecule has 2 aliphatic rings. The first kappa shape index (κ1) is 12.5. The zero-order valence-electron chi connectivity index (χ0n) is 11.0. The lowest BCUT2D eigenvalue weighted by atomic mass is 9.58. The standard InChI is InChI=1S/C12H25B2NO/c13-10-15-7-5-11(14)6-8-16-12(9-11)3-1-2-4-12/h15H,1-10,13-14H2. The van der Waals surface area contributed by atoms with Crippen molar-refractivity contribution >= 4 is 15.7 Å². The Kier molecular flexibility index (Phi) is 4.01. The van der Waals surface area contributed by atoms with Crippen LogP contribution in [0.15, 0.2) is 0 Å². The van der Waals surface area contributed by atoms with Crippen LogP contribution in [0.5, 0.6) is 0 Å². The van der Waals surface area contributed by atoms with Crippen LogP contribution >= 0.6 is 0 Å². The molecule has 1 heterocycles. The lowest BCUT2D eigenvalue weighted by molar-refractivity contribution is -0.0890. The van der Waals surface area contributed by atoms with E-state index in [2.05, 4.69) is 21.0 Å². The Morgan fingerprint density at radius 2 is 1.94 bits per heavy atom. The van der Waals surface area contributed by atoms with E-state index in [-0.39, 0.29) is 5.60 Å². The summed E-state index contributed by atoms with van der Waals surface area (Å²) in [6.07, 6.45) is 10.3. The van der Waals surface area contributed by atoms with Gasteiger partial charge in [-0.15, -0.1) is 0 Å². The number of rotatable bonds is 4. The van der Waals surface area contributed by atoms with E-state index in [4.69, 9.17) is 4.74 Å². The first-order valence-corrected chi connectivity index (χ1v) is 7.03. The topological polar surface area (TPSA) is 21.3 Å². The molecule has 0 radical (unpaired) electrons. The van der Waals surface area contributed by atoms with Gasteiger partial charge in [0, 0.05) is 6.61 Å². The average molecular weight is 221 g/mol. The van der Waals surface area contributed by atoms with Crippen LogP contribution in [0.25, 0.3) is 0 Å². The number of hydrogen-bond donors (Lipinski definition) is 1. The van der Waals surface area contributed by atoms with Crippen LogP contribution in [0.1, 0.15) is 44.9 Å². The van der Waals surface area contributed by atoms with Crippen molar-refractivity contribution in [2.75, 3.05) is 19.6 Å². The van der Waals surface area contributed by atoms with Gasteiger partial charge in [-0.05, 0) is 45.1 Å². The van der Waals surface area contributed by atoms with Gasteiger partial charge in [-0.2, -0.15) is 0 Å². The fraction of sp³-hybridized carbons (Fsp3) is 1.00. The number of hydrogen-bond acceptors (Lipinski definition) is 2. The average Bonchev–Trinajstić information content (AvgIpc) is 2.66. The van der Waals surface area contributed by atoms with Gasteiger partial charge in [0.1, 0.15) is 15.7 Å². The van der Waals surface area contributed by atoms with Gasteiger partial charge < -0.3 is 10.1 Å². The Morgan fingerprint density at radius 1 is 1.19 bits per heavy atom. The van der Waals surface area contributed by atoms with Crippen molar-refractivity contribution in [2.45, 2.75) is 55.9 Å². The summed E-state index contributed by atoms with van der Waals surface area (Å²) in [5.74, 6) is 0. The molecule has 1 N–H and O–H groups in total. The minimum atomic E-state index is 0.277. The van der Waals surface area contributed by atoms with Crippen molar-refractivity contribution in [2.24, 2.45) is 0 Å². The smallest absolute Gasteiger partial charge is 0.119 e. The summed E-state index contributed by atoms with van der Waals surface area (Å²) in [5, 5.41) is 3.98. The molecule has 1 saturated heterocycles. The van der Waals surface area contributed by atoms with Gasteiger partial charge in [-0.1, -0.05) is 18.2 Å². The zero-order chi connectivity index (χ0) is 11.5. The maximum absolute atomic E-state index is 6.11. The van der Waals surface area contributed by atoms with Crippen LogP contribution in [-0.2, 0) is 4.74 Å². The largest absolute Gasteiger partial charge is 0.375 e. The highest BCUT2D eigenvalue weighted by Crippen LogP contribution is 2.50. The highest BCUT2D eigenvalue weighted by molar-refractivity contribution is 6.15. The lowest BCUT2D eigenvalue weighted by Gasteiger charge is -2.45. The molecule has 1 saturated carbocycles. The zero-order valence-corrected chi connectivity index (χ0v) is 11.0. The molecule has 1 aliphatic carbocycles. The molecule has 1 spiro atoms. The van der Waals surface area contributed by atoms with Gasteiger partial charge in [0.05, 0.1) is 5.60 Å². The number of ether oxygens (including phenoxy) is 1. The van der Waals surface area contributed by atoms with Crippen molar-refractivity contribution in [3.05, 3.63) is 0 Å². The van der Waals surface area contributed by atoms with Crippen LogP contribution in [0.2, 0.25) is 5.31 Å². The van der Waals surface area contributed by atoms with Crippen molar-refractivity contribution in [3.63, 3.8) is 0 Å². The first-order chi connectivity index (χ1) is 7.68. The van der Waals surface area contributed by atoms with E-state index in [0.717, 1.165) is 13.1 Å². The van der Waals surface area contributed by atoms with E-state index in [9.17, 15) is 0 Å². The molecule has 1 aliphatic heterocycles. The molecular weight excluding hydrogens is 196 g/mol. The van der Waals surface area contributed by atoms with Gasteiger partial charge >= 0.3 is 0 Å². The predicted molar refractivity (Wildman–Crippen MR) is 73.7 cm³/mol. The van der Waals surface area contributed by atoms with E-state index >= 15 is 0 Å². The molecule has 2 fully saturated rings. The SMILES string of the molecule is BCNCCC1(B)CCOC2(CCCC2)C1. The third-order valence-corrected chi connectivity index (χ3v) is 4.53. The predicted octanol–water partition coefficient (Wildman–Crippen LogP) is 0.472. The Bertz CT molecular complexity index is 231. The van der Waals surface area contributed by atoms with Crippen molar-refractivity contribution < 1.29 is 4.74 Å². The third kappa shape index (κ3) is 2.84. The monoisotopic (exact) mass is 221 g/mol. The first-order valence-electron chi connectivity index (χ1n) is 7.03. The fourth-order valence-electron chi connectivity index (χ4n) is 3.55. The summed E-state index contributed by atoms with van der Waals surface area (Å²) < 4.78 is 6.11. The van der Waals surface area contributed by atoms with Gasteiger partial charge in [0.25, 0.3) is 0 Å². The van der Waals surface area contributed by atoms with E-state index < -0.39 is 0 Å². The van der Waals surface area contributed by atoms with E-state index in [1.54, 1.807) is 0 Å². The van der Waals surface area contributed by atoms with Crippen LogP contribution in [0.4, 0.5) is 0 Å². The molecule has 1 atom stereocenters. The third-order valence-electron chi connectivity index (χ3n) is 4.53. The molecule has 90 valence electrons. The summed E-state index contributed by atoms with van der Waals surface area (Å²) in [6.45, 7) is 2.16. The molecule has 1 unspecified atom stereocenters. The highest BCUT2D eigenvalue weighted by atomic mass is 16.5. The van der Waals surface area contributed by atoms with E-state index in [0.29, 0.717) is 5.31 Å². The van der Waals surface area contributed by atoms with Crippen LogP contribution in [-0.4, -0.2) is 40.9 Å². The van der Waals surface area contributed by atoms with Gasteiger partial charge in [-0.25, -0.2) is 0 Å². The summed E-state index contributed by atoms with van der Waals surface area (Å²) in [6, 6.07) is 0. The van der Waals surface area contributed by atoms with Crippen LogP contribution < -0.4 is 5.32 Å². The number of nitrogens with one attached hydrogen (secondary N) is 1. The molecule has 16 heavy (non-hydrogen) atoms. The molecule has 0 aromatic heterocycles. The summed E-state index contributed by atoms with van der Waals surface area (Å²) in [4.78, 5) is 0. The molecule has 0 bridgehead atoms. The minimum Gasteiger partial charge on any atom is -0.375 e. The van der Waals surface area contributed by atoms with Crippen LogP contribution in [0, 0.1) is 0 Å². The van der Waals surface area contributed by atoms with Crippen molar-refractivity contribution in [1.29, 1.82) is 0 Å². The maximum Gasteiger partial charge on any atom is 0.119 e. The fourth-order valence-corrected chi connectivity index (χ4v) is 3.55. The Labute approximate surface area is 102 Å². The Morgan fingerprint density at radius 3 is 2.62 bits per heavy atom. The highest BCUT2D eigenvalue weighted by Gasteiger charge is 2.44. The Balaban J connectivity index is 1.89. The molecule has 4 heteroatoms. The van der Waals surface area contributed by atoms with E-state index in [1.165, 1.54) is 51.5 Å². The molecule has 2 rings (SSSR count). The van der Waals surface area contributed by atoms with Crippen molar-refractivity contribution in [3.8, 4) is 0 Å². The van der Waals surface area contributed by atoms with Crippen LogP contribution in [0.3, 0.4) is 0 Å². The normalized spacial score (nSPS) is 33.2. The maximum atomic E-state index is 6.11.